The summed E-state index contributed by atoms with van der Waals surface area (Å²) in [6.45, 7) is 0.300. The van der Waals surface area contributed by atoms with Crippen molar-refractivity contribution in [1.82, 2.24) is 5.32 Å². The van der Waals surface area contributed by atoms with E-state index in [1.807, 2.05) is 6.07 Å². The van der Waals surface area contributed by atoms with Crippen LogP contribution in [0, 0.1) is 17.2 Å². The molecular weight excluding hydrogens is 272 g/mol. The molecular formula is C15H14N2O4. The molecule has 108 valence electrons. The first-order chi connectivity index (χ1) is 10.1. The highest BCUT2D eigenvalue weighted by Gasteiger charge is 2.34. The molecule has 1 heterocycles. The average molecular weight is 286 g/mol. The van der Waals surface area contributed by atoms with Crippen LogP contribution in [-0.4, -0.2) is 36.2 Å². The molecule has 2 atom stereocenters. The second kappa shape index (κ2) is 6.68. The lowest BCUT2D eigenvalue weighted by molar-refractivity contribution is -0.142. The van der Waals surface area contributed by atoms with Gasteiger partial charge in [-0.15, -0.1) is 0 Å². The second-order valence-corrected chi connectivity index (χ2v) is 4.67. The summed E-state index contributed by atoms with van der Waals surface area (Å²) in [7, 11) is 0. The Morgan fingerprint density at radius 1 is 1.43 bits per heavy atom. The summed E-state index contributed by atoms with van der Waals surface area (Å²) < 4.78 is 5.07. The standard InChI is InChI=1S/C15H14N2O4/c16-7-11-3-1-2-10(6-11)4-5-14(18)17-13-9-21-8-12(13)15(19)20/h1-6,12-13H,8-9H2,(H,17,18)(H,19,20). The van der Waals surface area contributed by atoms with Crippen molar-refractivity contribution >= 4 is 18.0 Å². The number of benzene rings is 1. The lowest BCUT2D eigenvalue weighted by Crippen LogP contribution is -2.41. The third kappa shape index (κ3) is 3.91. The van der Waals surface area contributed by atoms with Gasteiger partial charge in [-0.25, -0.2) is 0 Å². The molecule has 2 rings (SSSR count). The van der Waals surface area contributed by atoms with Gasteiger partial charge < -0.3 is 15.2 Å². The third-order valence-corrected chi connectivity index (χ3v) is 3.17. The monoisotopic (exact) mass is 286 g/mol. The van der Waals surface area contributed by atoms with Gasteiger partial charge in [0.1, 0.15) is 5.92 Å². The average Bonchev–Trinajstić information content (AvgIpc) is 2.93. The van der Waals surface area contributed by atoms with E-state index in [0.29, 0.717) is 5.56 Å². The number of carboxylic acids is 1. The Labute approximate surface area is 121 Å². The number of carbonyl (C=O) groups is 2. The van der Waals surface area contributed by atoms with Crippen molar-refractivity contribution in [1.29, 1.82) is 5.26 Å². The maximum Gasteiger partial charge on any atom is 0.311 e. The summed E-state index contributed by atoms with van der Waals surface area (Å²) in [5.74, 6) is -2.09. The molecule has 6 nitrogen and oxygen atoms in total. The zero-order chi connectivity index (χ0) is 15.2. The first-order valence-electron chi connectivity index (χ1n) is 6.39. The summed E-state index contributed by atoms with van der Waals surface area (Å²) in [4.78, 5) is 22.7. The van der Waals surface area contributed by atoms with Crippen molar-refractivity contribution < 1.29 is 19.4 Å². The van der Waals surface area contributed by atoms with Crippen LogP contribution in [-0.2, 0) is 14.3 Å². The highest BCUT2D eigenvalue weighted by Crippen LogP contribution is 2.14. The van der Waals surface area contributed by atoms with E-state index in [9.17, 15) is 9.59 Å². The fourth-order valence-corrected chi connectivity index (χ4v) is 2.05. The van der Waals surface area contributed by atoms with Gasteiger partial charge in [-0.1, -0.05) is 12.1 Å². The molecule has 0 aliphatic carbocycles. The maximum absolute atomic E-state index is 11.8. The van der Waals surface area contributed by atoms with E-state index >= 15 is 0 Å². The van der Waals surface area contributed by atoms with Crippen LogP contribution in [0.5, 0.6) is 0 Å². The number of nitriles is 1. The SMILES string of the molecule is N#Cc1cccc(C=CC(=O)NC2COCC2C(=O)O)c1. The maximum atomic E-state index is 11.8. The van der Waals surface area contributed by atoms with Crippen molar-refractivity contribution in [2.24, 2.45) is 5.92 Å². The fraction of sp³-hybridized carbons (Fsp3) is 0.267. The molecule has 6 heteroatoms. The molecule has 1 aromatic carbocycles. The van der Waals surface area contributed by atoms with Crippen molar-refractivity contribution in [3.05, 3.63) is 41.5 Å². The van der Waals surface area contributed by atoms with Crippen LogP contribution < -0.4 is 5.32 Å². The summed E-state index contributed by atoms with van der Waals surface area (Å²) >= 11 is 0. The number of aliphatic carboxylic acids is 1. The van der Waals surface area contributed by atoms with Crippen molar-refractivity contribution in [3.63, 3.8) is 0 Å². The normalized spacial score (nSPS) is 21.1. The summed E-state index contributed by atoms with van der Waals surface area (Å²) in [5.41, 5.74) is 1.23. The number of ether oxygens (including phenoxy) is 1. The molecule has 0 radical (unpaired) electrons. The molecule has 1 aromatic rings. The van der Waals surface area contributed by atoms with Crippen molar-refractivity contribution in [3.8, 4) is 6.07 Å². The number of hydrogen-bond donors (Lipinski definition) is 2. The van der Waals surface area contributed by atoms with Crippen LogP contribution in [0.2, 0.25) is 0 Å². The van der Waals surface area contributed by atoms with Gasteiger partial charge in [0, 0.05) is 6.08 Å². The van der Waals surface area contributed by atoms with Gasteiger partial charge in [0.15, 0.2) is 0 Å². The lowest BCUT2D eigenvalue weighted by Gasteiger charge is -2.14. The van der Waals surface area contributed by atoms with E-state index < -0.39 is 17.9 Å². The molecule has 0 spiro atoms. The van der Waals surface area contributed by atoms with Crippen LogP contribution in [0.3, 0.4) is 0 Å². The number of carboxylic acid groups (broad SMARTS) is 1. The van der Waals surface area contributed by atoms with E-state index in [0.717, 1.165) is 5.56 Å². The number of carbonyl (C=O) groups excluding carboxylic acids is 1. The predicted octanol–water partition coefficient (Wildman–Crippen LogP) is 0.787. The number of nitrogens with zero attached hydrogens (tertiary/aromatic N) is 1. The van der Waals surface area contributed by atoms with Gasteiger partial charge in [-0.05, 0) is 23.8 Å². The van der Waals surface area contributed by atoms with Crippen LogP contribution in [0.1, 0.15) is 11.1 Å². The Morgan fingerprint density at radius 3 is 2.95 bits per heavy atom. The molecule has 0 bridgehead atoms. The van der Waals surface area contributed by atoms with Gasteiger partial charge in [0.2, 0.25) is 5.91 Å². The van der Waals surface area contributed by atoms with E-state index in [2.05, 4.69) is 5.32 Å². The second-order valence-electron chi connectivity index (χ2n) is 4.67. The van der Waals surface area contributed by atoms with Gasteiger partial charge >= 0.3 is 5.97 Å². The van der Waals surface area contributed by atoms with Crippen molar-refractivity contribution in [2.75, 3.05) is 13.2 Å². The molecule has 1 aliphatic rings. The number of hydrogen-bond acceptors (Lipinski definition) is 4. The Kier molecular flexibility index (Phi) is 4.69. The Morgan fingerprint density at radius 2 is 2.24 bits per heavy atom. The van der Waals surface area contributed by atoms with Gasteiger partial charge in [0.05, 0.1) is 30.9 Å². The van der Waals surface area contributed by atoms with E-state index in [4.69, 9.17) is 15.1 Å². The summed E-state index contributed by atoms with van der Waals surface area (Å²) in [6, 6.07) is 8.31. The van der Waals surface area contributed by atoms with Crippen LogP contribution in [0.25, 0.3) is 6.08 Å². The Bertz CT molecular complexity index is 618. The topological polar surface area (TPSA) is 99.4 Å². The first-order valence-corrected chi connectivity index (χ1v) is 6.39. The molecule has 1 fully saturated rings. The predicted molar refractivity (Wildman–Crippen MR) is 74.1 cm³/mol. The number of rotatable bonds is 4. The zero-order valence-electron chi connectivity index (χ0n) is 11.2. The molecule has 1 aliphatic heterocycles. The van der Waals surface area contributed by atoms with Crippen molar-refractivity contribution in [2.45, 2.75) is 6.04 Å². The Balaban J connectivity index is 1.96. The molecule has 2 N–H and O–H groups in total. The van der Waals surface area contributed by atoms with Gasteiger partial charge in [0.25, 0.3) is 0 Å². The summed E-state index contributed by atoms with van der Waals surface area (Å²) in [6.07, 6.45) is 2.88. The third-order valence-electron chi connectivity index (χ3n) is 3.17. The molecule has 1 saturated heterocycles. The fourth-order valence-electron chi connectivity index (χ4n) is 2.05. The smallest absolute Gasteiger partial charge is 0.311 e. The molecule has 0 saturated carbocycles. The quantitative estimate of drug-likeness (QED) is 0.797. The number of amides is 1. The highest BCUT2D eigenvalue weighted by molar-refractivity contribution is 5.92. The highest BCUT2D eigenvalue weighted by atomic mass is 16.5. The molecule has 0 aromatic heterocycles. The summed E-state index contributed by atoms with van der Waals surface area (Å²) in [5, 5.41) is 20.4. The van der Waals surface area contributed by atoms with Crippen LogP contribution in [0.15, 0.2) is 30.3 Å². The Hall–Kier alpha value is -2.65. The molecule has 21 heavy (non-hydrogen) atoms. The van der Waals surface area contributed by atoms with Crippen LogP contribution in [0.4, 0.5) is 0 Å². The van der Waals surface area contributed by atoms with E-state index in [1.165, 1.54) is 6.08 Å². The van der Waals surface area contributed by atoms with Gasteiger partial charge in [-0.3, -0.25) is 9.59 Å². The van der Waals surface area contributed by atoms with Gasteiger partial charge in [-0.2, -0.15) is 5.26 Å². The minimum Gasteiger partial charge on any atom is -0.481 e. The largest absolute Gasteiger partial charge is 0.481 e. The minimum absolute atomic E-state index is 0.105. The van der Waals surface area contributed by atoms with Crippen LogP contribution >= 0.6 is 0 Å². The van der Waals surface area contributed by atoms with E-state index in [-0.39, 0.29) is 19.1 Å². The molecule has 2 unspecified atom stereocenters. The lowest BCUT2D eigenvalue weighted by atomic mass is 10.0. The number of nitrogens with one attached hydrogen (secondary N) is 1. The zero-order valence-corrected chi connectivity index (χ0v) is 11.2. The van der Waals surface area contributed by atoms with E-state index in [1.54, 1.807) is 30.3 Å². The minimum atomic E-state index is -0.983. The molecule has 1 amide bonds. The first kappa shape index (κ1) is 14.8.